The molecule has 2 heterocycles. The molecule has 0 aromatic carbocycles. The van der Waals surface area contributed by atoms with Crippen LogP contribution in [-0.2, 0) is 32.9 Å². The smallest absolute Gasteiger partial charge is 0.300 e. The normalized spacial score (nSPS) is 41.4. The minimum absolute atomic E-state index is 0.653. The fourth-order valence-corrected chi connectivity index (χ4v) is 20.8. The van der Waals surface area contributed by atoms with Gasteiger partial charge in [-0.1, -0.05) is 0 Å². The van der Waals surface area contributed by atoms with Crippen molar-refractivity contribution in [3.63, 3.8) is 0 Å². The maximum Gasteiger partial charge on any atom is 0.300 e. The van der Waals surface area contributed by atoms with Crippen LogP contribution in [0.4, 0.5) is 0 Å². The van der Waals surface area contributed by atoms with E-state index in [1.165, 1.54) is 0 Å². The van der Waals surface area contributed by atoms with Gasteiger partial charge in [-0.3, -0.25) is 0 Å². The lowest BCUT2D eigenvalue weighted by atomic mass is 11.9. The lowest BCUT2D eigenvalue weighted by Crippen LogP contribution is -2.44. The second-order valence-electron chi connectivity index (χ2n) is 4.10. The van der Waals surface area contributed by atoms with Gasteiger partial charge in [0.2, 0.25) is 0 Å². The molecule has 0 N–H and O–H groups in total. The fourth-order valence-electron chi connectivity index (χ4n) is 1.58. The quantitative estimate of drug-likeness (QED) is 0.360. The Morgan fingerprint density at radius 2 is 0.650 bits per heavy atom. The van der Waals surface area contributed by atoms with Crippen LogP contribution in [0.15, 0.2) is 0 Å². The Balaban J connectivity index is 0.000000217. The summed E-state index contributed by atoms with van der Waals surface area (Å²) in [5, 5.41) is 0. The van der Waals surface area contributed by atoms with Gasteiger partial charge in [0.15, 0.2) is 0 Å². The molecular formula is C4H24O8Si8. The number of hydrogen-bond donors (Lipinski definition) is 0. The maximum absolute atomic E-state index is 5.65. The summed E-state index contributed by atoms with van der Waals surface area (Å²) in [5.41, 5.74) is 0. The first-order chi connectivity index (χ1) is 9.58. The van der Waals surface area contributed by atoms with Crippen LogP contribution in [0.25, 0.3) is 0 Å². The van der Waals surface area contributed by atoms with Crippen LogP contribution >= 0.6 is 0 Å². The third-order valence-corrected chi connectivity index (χ3v) is 19.8. The maximum atomic E-state index is 5.65. The minimum atomic E-state index is -1.42. The van der Waals surface area contributed by atoms with Crippen LogP contribution in [0.5, 0.6) is 0 Å². The second kappa shape index (κ2) is 11.9. The molecule has 0 aromatic heterocycles. The summed E-state index contributed by atoms with van der Waals surface area (Å²) in [7, 11) is -8.27. The van der Waals surface area contributed by atoms with Gasteiger partial charge < -0.3 is 32.9 Å². The van der Waals surface area contributed by atoms with E-state index in [0.717, 1.165) is 0 Å². The summed E-state index contributed by atoms with van der Waals surface area (Å²) in [6.07, 6.45) is 0. The average molecular weight is 425 g/mol. The molecule has 20 heavy (non-hydrogen) atoms. The largest absolute Gasteiger partial charge is 0.425 e. The molecule has 16 heteroatoms. The lowest BCUT2D eigenvalue weighted by molar-refractivity contribution is 0.295. The molecule has 0 saturated carbocycles. The van der Waals surface area contributed by atoms with E-state index in [2.05, 4.69) is 0 Å². The Morgan fingerprint density at radius 1 is 0.450 bits per heavy atom. The number of rotatable bonds is 0. The molecule has 0 spiro atoms. The zero-order valence-corrected chi connectivity index (χ0v) is 22.7. The summed E-state index contributed by atoms with van der Waals surface area (Å²) < 4.78 is 43.0. The Kier molecular flexibility index (Phi) is 11.6. The van der Waals surface area contributed by atoms with Crippen LogP contribution in [0.2, 0.25) is 26.2 Å². The molecule has 2 aliphatic heterocycles. The van der Waals surface area contributed by atoms with Gasteiger partial charge >= 0.3 is 0 Å². The van der Waals surface area contributed by atoms with Crippen molar-refractivity contribution in [1.82, 2.24) is 0 Å². The number of hydrogen-bond acceptors (Lipinski definition) is 8. The van der Waals surface area contributed by atoms with Gasteiger partial charge in [-0.15, -0.1) is 0 Å². The first-order valence-corrected chi connectivity index (χ1v) is 19.5. The summed E-state index contributed by atoms with van der Waals surface area (Å²) in [5.74, 6) is 0. The summed E-state index contributed by atoms with van der Waals surface area (Å²) in [6, 6.07) is 0. The van der Waals surface area contributed by atoms with E-state index in [1.54, 1.807) is 0 Å². The molecule has 0 unspecified atom stereocenters. The topological polar surface area (TPSA) is 73.8 Å². The van der Waals surface area contributed by atoms with Gasteiger partial charge in [-0.2, -0.15) is 0 Å². The van der Waals surface area contributed by atoms with Gasteiger partial charge in [-0.05, 0) is 26.2 Å². The molecule has 2 rings (SSSR count). The molecule has 2 fully saturated rings. The first-order valence-electron chi connectivity index (χ1n) is 6.50. The Bertz CT molecular complexity index is 187. The third-order valence-electron chi connectivity index (χ3n) is 2.20. The lowest BCUT2D eigenvalue weighted by Gasteiger charge is -2.28. The predicted molar refractivity (Wildman–Crippen MR) is 94.9 cm³/mol. The van der Waals surface area contributed by atoms with Crippen molar-refractivity contribution in [2.45, 2.75) is 26.2 Å². The van der Waals surface area contributed by atoms with Crippen LogP contribution in [0, 0.1) is 0 Å². The average Bonchev–Trinajstić information content (AvgIpc) is 2.25. The highest BCUT2D eigenvalue weighted by Crippen LogP contribution is 2.06. The van der Waals surface area contributed by atoms with Crippen LogP contribution in [0.3, 0.4) is 0 Å². The zero-order valence-electron chi connectivity index (χ0n) is 12.4. The summed E-state index contributed by atoms with van der Waals surface area (Å²) >= 11 is 0. The van der Waals surface area contributed by atoms with Crippen molar-refractivity contribution in [3.05, 3.63) is 0 Å². The molecular weight excluding hydrogens is 401 g/mol. The Morgan fingerprint density at radius 3 is 0.850 bits per heavy atom. The van der Waals surface area contributed by atoms with Crippen molar-refractivity contribution >= 4 is 77.2 Å². The minimum Gasteiger partial charge on any atom is -0.425 e. The molecule has 0 radical (unpaired) electrons. The van der Waals surface area contributed by atoms with Crippen LogP contribution in [-0.4, -0.2) is 77.2 Å². The fraction of sp³-hybridized carbons (Fsp3) is 1.00. The second-order valence-corrected chi connectivity index (χ2v) is 20.5. The molecule has 8 nitrogen and oxygen atoms in total. The summed E-state index contributed by atoms with van der Waals surface area (Å²) in [4.78, 5) is 0. The monoisotopic (exact) mass is 424 g/mol. The van der Waals surface area contributed by atoms with Crippen LogP contribution in [0.1, 0.15) is 0 Å². The Labute approximate surface area is 136 Å². The highest BCUT2D eigenvalue weighted by molar-refractivity contribution is 6.72. The molecule has 0 bridgehead atoms. The van der Waals surface area contributed by atoms with Crippen LogP contribution < -0.4 is 0 Å². The predicted octanol–water partition coefficient (Wildman–Crippen LogP) is -4.47. The first kappa shape index (κ1) is 19.5. The van der Waals surface area contributed by atoms with Crippen molar-refractivity contribution in [2.24, 2.45) is 0 Å². The molecule has 2 aliphatic rings. The standard InChI is InChI=1S/C4H16O4Si4.H8O4Si4/c1-9-5-10(2)7-12(4)8-11(3)6-9;1-5-2-7-4-8-3-6-1/h9-12H,1-4H3;5-8H2. The van der Waals surface area contributed by atoms with Gasteiger partial charge in [-0.25, -0.2) is 0 Å². The molecule has 0 aromatic rings. The molecule has 120 valence electrons. The summed E-state index contributed by atoms with van der Waals surface area (Å²) in [6.45, 7) is 8.16. The van der Waals surface area contributed by atoms with Crippen molar-refractivity contribution in [2.75, 3.05) is 0 Å². The van der Waals surface area contributed by atoms with Crippen molar-refractivity contribution < 1.29 is 32.9 Å². The highest BCUT2D eigenvalue weighted by Gasteiger charge is 2.25. The molecule has 0 aliphatic carbocycles. The molecule has 0 atom stereocenters. The van der Waals surface area contributed by atoms with Crippen molar-refractivity contribution in [3.8, 4) is 0 Å². The molecule has 2 saturated heterocycles. The van der Waals surface area contributed by atoms with Gasteiger partial charge in [0, 0.05) is 0 Å². The van der Waals surface area contributed by atoms with Gasteiger partial charge in [0.05, 0.1) is 0 Å². The molecule has 0 amide bonds. The Hall–Kier alpha value is 1.42. The zero-order chi connectivity index (χ0) is 14.8. The van der Waals surface area contributed by atoms with E-state index in [9.17, 15) is 0 Å². The van der Waals surface area contributed by atoms with Crippen molar-refractivity contribution in [1.29, 1.82) is 0 Å². The van der Waals surface area contributed by atoms with Gasteiger partial charge in [0.1, 0.15) is 0 Å². The van der Waals surface area contributed by atoms with E-state index in [0.29, 0.717) is 0 Å². The van der Waals surface area contributed by atoms with E-state index in [1.807, 2.05) is 26.2 Å². The van der Waals surface area contributed by atoms with E-state index < -0.39 is 77.2 Å². The van der Waals surface area contributed by atoms with E-state index >= 15 is 0 Å². The SMILES string of the molecule is C[SiH]1O[SiH](C)O[SiH](C)O[SiH](C)O1.O1[SiH2]O[SiH2]O[SiH2]O[SiH2]1. The van der Waals surface area contributed by atoms with E-state index in [4.69, 9.17) is 32.9 Å². The third kappa shape index (κ3) is 10.2. The van der Waals surface area contributed by atoms with E-state index in [-0.39, 0.29) is 0 Å². The van der Waals surface area contributed by atoms with Gasteiger partial charge in [0.25, 0.3) is 77.2 Å². The highest BCUT2D eigenvalue weighted by atomic mass is 28.5.